The summed E-state index contributed by atoms with van der Waals surface area (Å²) in [5, 5.41) is 0. The Bertz CT molecular complexity index is 712. The molecule has 1 aromatic heterocycles. The lowest BCUT2D eigenvalue weighted by atomic mass is 10.1. The Morgan fingerprint density at radius 3 is 2.62 bits per heavy atom. The van der Waals surface area contributed by atoms with Crippen LogP contribution in [0.2, 0.25) is 0 Å². The van der Waals surface area contributed by atoms with Gasteiger partial charge >= 0.3 is 0 Å². The van der Waals surface area contributed by atoms with E-state index in [0.29, 0.717) is 31.3 Å². The molecule has 1 aromatic carbocycles. The summed E-state index contributed by atoms with van der Waals surface area (Å²) in [4.78, 5) is 25.2. The number of carbonyl (C=O) groups excluding carboxylic acids is 1. The van der Waals surface area contributed by atoms with Crippen molar-refractivity contribution in [2.24, 2.45) is 0 Å². The summed E-state index contributed by atoms with van der Waals surface area (Å²) in [6, 6.07) is 9.77. The van der Waals surface area contributed by atoms with E-state index in [4.69, 9.17) is 4.74 Å². The molecule has 0 N–H and O–H groups in total. The molecule has 6 nitrogen and oxygen atoms in total. The van der Waals surface area contributed by atoms with Crippen molar-refractivity contribution < 1.29 is 9.53 Å². The number of amides is 1. The fourth-order valence-electron chi connectivity index (χ4n) is 2.84. The number of carbonyl (C=O) groups is 1. The lowest BCUT2D eigenvalue weighted by molar-refractivity contribution is -0.130. The number of aryl methyl sites for hydroxylation is 1. The smallest absolute Gasteiger partial charge is 0.228 e. The zero-order valence-electron chi connectivity index (χ0n) is 14.1. The first-order chi connectivity index (χ1) is 11.7. The molecular weight excluding hydrogens is 304 g/mol. The first-order valence-electron chi connectivity index (χ1n) is 8.11. The van der Waals surface area contributed by atoms with Gasteiger partial charge in [-0.1, -0.05) is 24.3 Å². The van der Waals surface area contributed by atoms with Gasteiger partial charge in [-0.3, -0.25) is 4.79 Å². The van der Waals surface area contributed by atoms with E-state index in [9.17, 15) is 4.79 Å². The molecule has 2 aromatic rings. The maximum absolute atomic E-state index is 12.5. The number of rotatable bonds is 4. The van der Waals surface area contributed by atoms with Crippen molar-refractivity contribution in [3.05, 3.63) is 47.7 Å². The van der Waals surface area contributed by atoms with Crippen LogP contribution in [0.4, 0.5) is 5.95 Å². The fraction of sp³-hybridized carbons (Fsp3) is 0.389. The third kappa shape index (κ3) is 3.64. The minimum absolute atomic E-state index is 0.176. The van der Waals surface area contributed by atoms with Crippen LogP contribution in [-0.2, 0) is 11.2 Å². The standard InChI is InChI=1S/C18H22N4O2/c1-14-5-3-4-6-15(14)13-17(23)21-9-11-22(12-10-21)18-19-8-7-16(20-18)24-2/h3-8H,9-13H2,1-2H3. The summed E-state index contributed by atoms with van der Waals surface area (Å²) in [6.45, 7) is 4.87. The fourth-order valence-corrected chi connectivity index (χ4v) is 2.84. The van der Waals surface area contributed by atoms with Crippen LogP contribution in [0.1, 0.15) is 11.1 Å². The van der Waals surface area contributed by atoms with E-state index in [1.165, 1.54) is 0 Å². The number of nitrogens with zero attached hydrogens (tertiary/aromatic N) is 4. The SMILES string of the molecule is COc1ccnc(N2CCN(C(=O)Cc3ccccc3C)CC2)n1. The zero-order chi connectivity index (χ0) is 16.9. The van der Waals surface area contributed by atoms with Crippen molar-refractivity contribution in [1.29, 1.82) is 0 Å². The molecule has 1 aliphatic rings. The van der Waals surface area contributed by atoms with Gasteiger partial charge in [0.25, 0.3) is 0 Å². The first-order valence-corrected chi connectivity index (χ1v) is 8.11. The van der Waals surface area contributed by atoms with E-state index in [2.05, 4.69) is 14.9 Å². The second-order valence-electron chi connectivity index (χ2n) is 5.87. The molecule has 0 unspecified atom stereocenters. The number of hydrogen-bond acceptors (Lipinski definition) is 5. The van der Waals surface area contributed by atoms with Crippen LogP contribution in [0.5, 0.6) is 5.88 Å². The molecule has 3 rings (SSSR count). The molecule has 1 amide bonds. The van der Waals surface area contributed by atoms with Gasteiger partial charge in [-0.05, 0) is 18.1 Å². The summed E-state index contributed by atoms with van der Waals surface area (Å²) in [5.41, 5.74) is 2.26. The number of aromatic nitrogens is 2. The van der Waals surface area contributed by atoms with Crippen molar-refractivity contribution >= 4 is 11.9 Å². The van der Waals surface area contributed by atoms with Gasteiger partial charge in [-0.15, -0.1) is 0 Å². The van der Waals surface area contributed by atoms with Gasteiger partial charge in [0.2, 0.25) is 17.7 Å². The van der Waals surface area contributed by atoms with Crippen molar-refractivity contribution in [2.75, 3.05) is 38.2 Å². The highest BCUT2D eigenvalue weighted by Gasteiger charge is 2.23. The third-order valence-corrected chi connectivity index (χ3v) is 4.34. The molecule has 0 aliphatic carbocycles. The Kier molecular flexibility index (Phi) is 4.93. The van der Waals surface area contributed by atoms with Crippen molar-refractivity contribution in [3.63, 3.8) is 0 Å². The molecule has 1 aliphatic heterocycles. The van der Waals surface area contributed by atoms with Crippen LogP contribution < -0.4 is 9.64 Å². The lowest BCUT2D eigenvalue weighted by Gasteiger charge is -2.34. The average molecular weight is 326 g/mol. The quantitative estimate of drug-likeness (QED) is 0.856. The molecule has 2 heterocycles. The second-order valence-corrected chi connectivity index (χ2v) is 5.87. The minimum atomic E-state index is 0.176. The summed E-state index contributed by atoms with van der Waals surface area (Å²) in [5.74, 6) is 1.38. The van der Waals surface area contributed by atoms with E-state index in [0.717, 1.165) is 24.2 Å². The monoisotopic (exact) mass is 326 g/mol. The third-order valence-electron chi connectivity index (χ3n) is 4.34. The van der Waals surface area contributed by atoms with E-state index < -0.39 is 0 Å². The molecular formula is C18H22N4O2. The maximum Gasteiger partial charge on any atom is 0.228 e. The summed E-state index contributed by atoms with van der Waals surface area (Å²) in [6.07, 6.45) is 2.15. The maximum atomic E-state index is 12.5. The summed E-state index contributed by atoms with van der Waals surface area (Å²) >= 11 is 0. The van der Waals surface area contributed by atoms with Crippen LogP contribution in [-0.4, -0.2) is 54.1 Å². The van der Waals surface area contributed by atoms with Gasteiger partial charge in [-0.2, -0.15) is 4.98 Å². The van der Waals surface area contributed by atoms with Crippen molar-refractivity contribution in [1.82, 2.24) is 14.9 Å². The molecule has 0 radical (unpaired) electrons. The van der Waals surface area contributed by atoms with Gasteiger partial charge in [-0.25, -0.2) is 4.98 Å². The number of methoxy groups -OCH3 is 1. The summed E-state index contributed by atoms with van der Waals surface area (Å²) in [7, 11) is 1.59. The van der Waals surface area contributed by atoms with Crippen LogP contribution >= 0.6 is 0 Å². The molecule has 1 saturated heterocycles. The van der Waals surface area contributed by atoms with Gasteiger partial charge in [0.1, 0.15) is 0 Å². The van der Waals surface area contributed by atoms with Crippen LogP contribution in [0.3, 0.4) is 0 Å². The largest absolute Gasteiger partial charge is 0.481 e. The predicted octanol–water partition coefficient (Wildman–Crippen LogP) is 1.68. The molecule has 1 fully saturated rings. The van der Waals surface area contributed by atoms with E-state index >= 15 is 0 Å². The van der Waals surface area contributed by atoms with Crippen molar-refractivity contribution in [2.45, 2.75) is 13.3 Å². The van der Waals surface area contributed by atoms with Crippen LogP contribution in [0, 0.1) is 6.92 Å². The molecule has 126 valence electrons. The number of hydrogen-bond donors (Lipinski definition) is 0. The lowest BCUT2D eigenvalue weighted by Crippen LogP contribution is -2.49. The Morgan fingerprint density at radius 1 is 1.17 bits per heavy atom. The number of ether oxygens (including phenoxy) is 1. The number of anilines is 1. The Hall–Kier alpha value is -2.63. The van der Waals surface area contributed by atoms with Crippen molar-refractivity contribution in [3.8, 4) is 5.88 Å². The molecule has 0 bridgehead atoms. The first kappa shape index (κ1) is 16.2. The average Bonchev–Trinajstić information content (AvgIpc) is 2.64. The highest BCUT2D eigenvalue weighted by Crippen LogP contribution is 2.15. The van der Waals surface area contributed by atoms with E-state index in [1.807, 2.05) is 36.1 Å². The van der Waals surface area contributed by atoms with Gasteiger partial charge in [0, 0.05) is 38.4 Å². The molecule has 6 heteroatoms. The van der Waals surface area contributed by atoms with Gasteiger partial charge in [0.05, 0.1) is 13.5 Å². The van der Waals surface area contributed by atoms with Gasteiger partial charge in [0.15, 0.2) is 0 Å². The van der Waals surface area contributed by atoms with Gasteiger partial charge < -0.3 is 14.5 Å². The van der Waals surface area contributed by atoms with E-state index in [1.54, 1.807) is 19.4 Å². The normalized spacial score (nSPS) is 14.6. The zero-order valence-corrected chi connectivity index (χ0v) is 14.1. The topological polar surface area (TPSA) is 58.6 Å². The molecule has 24 heavy (non-hydrogen) atoms. The molecule has 0 atom stereocenters. The number of piperazine rings is 1. The highest BCUT2D eigenvalue weighted by molar-refractivity contribution is 5.79. The predicted molar refractivity (Wildman–Crippen MR) is 92.3 cm³/mol. The molecule has 0 spiro atoms. The Balaban J connectivity index is 1.58. The highest BCUT2D eigenvalue weighted by atomic mass is 16.5. The minimum Gasteiger partial charge on any atom is -0.481 e. The Morgan fingerprint density at radius 2 is 1.92 bits per heavy atom. The van der Waals surface area contributed by atoms with E-state index in [-0.39, 0.29) is 5.91 Å². The van der Waals surface area contributed by atoms with Crippen LogP contribution in [0.25, 0.3) is 0 Å². The Labute approximate surface area is 142 Å². The number of benzene rings is 1. The van der Waals surface area contributed by atoms with Crippen LogP contribution in [0.15, 0.2) is 36.5 Å². The molecule has 0 saturated carbocycles. The summed E-state index contributed by atoms with van der Waals surface area (Å²) < 4.78 is 5.14. The second kappa shape index (κ2) is 7.29.